The Kier molecular flexibility index (Phi) is 6.69. The van der Waals surface area contributed by atoms with Gasteiger partial charge in [-0.05, 0) is 32.8 Å². The Morgan fingerprint density at radius 2 is 1.90 bits per heavy atom. The minimum Gasteiger partial charge on any atom is -0.444 e. The van der Waals surface area contributed by atoms with Gasteiger partial charge < -0.3 is 14.8 Å². The van der Waals surface area contributed by atoms with Crippen LogP contribution in [-0.4, -0.2) is 30.4 Å². The Bertz CT molecular complexity index is 421. The number of benzene rings is 1. The van der Waals surface area contributed by atoms with Crippen molar-refractivity contribution in [3.63, 3.8) is 0 Å². The summed E-state index contributed by atoms with van der Waals surface area (Å²) in [7, 11) is 0. The highest BCUT2D eigenvalue weighted by molar-refractivity contribution is 5.68. The van der Waals surface area contributed by atoms with Gasteiger partial charge in [-0.1, -0.05) is 44.2 Å². The van der Waals surface area contributed by atoms with Crippen molar-refractivity contribution in [2.24, 2.45) is 0 Å². The summed E-state index contributed by atoms with van der Waals surface area (Å²) in [6, 6.07) is 10.0. The summed E-state index contributed by atoms with van der Waals surface area (Å²) in [5.41, 5.74) is 0.699. The van der Waals surface area contributed by atoms with E-state index in [9.17, 15) is 4.79 Å². The van der Waals surface area contributed by atoms with E-state index in [4.69, 9.17) is 9.47 Å². The van der Waals surface area contributed by atoms with Crippen LogP contribution in [0.15, 0.2) is 30.3 Å². The Hall–Kier alpha value is -1.55. The van der Waals surface area contributed by atoms with Gasteiger partial charge in [-0.15, -0.1) is 0 Å². The molecule has 1 heterocycles. The van der Waals surface area contributed by atoms with Crippen molar-refractivity contribution in [2.45, 2.75) is 58.8 Å². The molecule has 0 bridgehead atoms. The highest BCUT2D eigenvalue weighted by atomic mass is 16.6. The lowest BCUT2D eigenvalue weighted by Crippen LogP contribution is -2.43. The molecule has 1 aromatic carbocycles. The van der Waals surface area contributed by atoms with Crippen molar-refractivity contribution in [1.29, 1.82) is 0 Å². The van der Waals surface area contributed by atoms with E-state index < -0.39 is 5.60 Å². The summed E-state index contributed by atoms with van der Waals surface area (Å²) in [5, 5.41) is 2.90. The first-order valence-electron chi connectivity index (χ1n) is 7.59. The summed E-state index contributed by atoms with van der Waals surface area (Å²) in [4.78, 5) is 11.8. The molecule has 0 spiro atoms. The number of nitrogens with one attached hydrogen (secondary N) is 1. The number of epoxide rings is 1. The fraction of sp³-hybridized carbons (Fsp3) is 0.588. The fourth-order valence-corrected chi connectivity index (χ4v) is 1.89. The van der Waals surface area contributed by atoms with Crippen LogP contribution < -0.4 is 5.32 Å². The molecule has 1 aromatic rings. The summed E-state index contributed by atoms with van der Waals surface area (Å²) in [6.45, 7) is 10.3. The average Bonchev–Trinajstić information content (AvgIpc) is 3.23. The lowest BCUT2D eigenvalue weighted by molar-refractivity contribution is 0.0495. The smallest absolute Gasteiger partial charge is 0.407 e. The summed E-state index contributed by atoms with van der Waals surface area (Å²) in [5.74, 6) is 0. The van der Waals surface area contributed by atoms with Crippen LogP contribution in [0.2, 0.25) is 0 Å². The van der Waals surface area contributed by atoms with Gasteiger partial charge >= 0.3 is 6.09 Å². The van der Waals surface area contributed by atoms with Crippen molar-refractivity contribution in [3.05, 3.63) is 35.9 Å². The lowest BCUT2D eigenvalue weighted by atomic mass is 10.0. The van der Waals surface area contributed by atoms with Crippen molar-refractivity contribution in [3.8, 4) is 0 Å². The monoisotopic (exact) mass is 293 g/mol. The van der Waals surface area contributed by atoms with Gasteiger partial charge in [0, 0.05) is 0 Å². The molecule has 1 aliphatic heterocycles. The molecule has 1 N–H and O–H groups in total. The van der Waals surface area contributed by atoms with Crippen LogP contribution in [-0.2, 0) is 15.9 Å². The first kappa shape index (κ1) is 17.5. The van der Waals surface area contributed by atoms with E-state index in [1.165, 1.54) is 5.56 Å². The van der Waals surface area contributed by atoms with Gasteiger partial charge in [0.1, 0.15) is 11.7 Å². The molecule has 1 saturated heterocycles. The minimum atomic E-state index is -0.480. The molecule has 0 unspecified atom stereocenters. The Morgan fingerprint density at radius 1 is 1.33 bits per heavy atom. The molecule has 21 heavy (non-hydrogen) atoms. The number of hydrogen-bond donors (Lipinski definition) is 1. The van der Waals surface area contributed by atoms with Gasteiger partial charge in [0.2, 0.25) is 0 Å². The third kappa shape index (κ3) is 7.14. The molecule has 1 amide bonds. The zero-order valence-electron chi connectivity index (χ0n) is 13.7. The van der Waals surface area contributed by atoms with Crippen LogP contribution in [0.5, 0.6) is 0 Å². The highest BCUT2D eigenvalue weighted by Gasteiger charge is 2.34. The van der Waals surface area contributed by atoms with E-state index in [2.05, 4.69) is 5.32 Å². The van der Waals surface area contributed by atoms with Gasteiger partial charge in [-0.3, -0.25) is 0 Å². The van der Waals surface area contributed by atoms with E-state index >= 15 is 0 Å². The minimum absolute atomic E-state index is 0.0303. The maximum absolute atomic E-state index is 11.8. The molecule has 4 nitrogen and oxygen atoms in total. The molecule has 0 saturated carbocycles. The molecule has 1 aliphatic rings. The van der Waals surface area contributed by atoms with Crippen LogP contribution in [0.4, 0.5) is 4.79 Å². The third-order valence-corrected chi connectivity index (χ3v) is 2.81. The molecule has 0 aliphatic carbocycles. The van der Waals surface area contributed by atoms with Gasteiger partial charge in [0.05, 0.1) is 12.6 Å². The SMILES string of the molecule is CC.CC(C)(C)OC(=O)N[C@@H](Cc1ccccc1)[C@H]1CO1. The van der Waals surface area contributed by atoms with E-state index in [-0.39, 0.29) is 18.2 Å². The molecule has 0 radical (unpaired) electrons. The molecule has 2 atom stereocenters. The van der Waals surface area contributed by atoms with E-state index in [0.717, 1.165) is 6.42 Å². The maximum atomic E-state index is 11.8. The second kappa shape index (κ2) is 8.03. The fourth-order valence-electron chi connectivity index (χ4n) is 1.89. The Morgan fingerprint density at radius 3 is 2.38 bits per heavy atom. The van der Waals surface area contributed by atoms with Crippen LogP contribution in [0.25, 0.3) is 0 Å². The van der Waals surface area contributed by atoms with E-state index in [1.54, 1.807) is 0 Å². The predicted molar refractivity (Wildman–Crippen MR) is 84.4 cm³/mol. The number of hydrogen-bond acceptors (Lipinski definition) is 3. The predicted octanol–water partition coefficient (Wildman–Crippen LogP) is 3.55. The largest absolute Gasteiger partial charge is 0.444 e. The summed E-state index contributed by atoms with van der Waals surface area (Å²) in [6.07, 6.45) is 0.474. The normalized spacial score (nSPS) is 18.0. The van der Waals surface area contributed by atoms with Crippen molar-refractivity contribution in [1.82, 2.24) is 5.32 Å². The van der Waals surface area contributed by atoms with Crippen LogP contribution >= 0.6 is 0 Å². The number of carbonyl (C=O) groups is 1. The first-order chi connectivity index (χ1) is 9.94. The zero-order chi connectivity index (χ0) is 15.9. The molecule has 2 rings (SSSR count). The van der Waals surface area contributed by atoms with E-state index in [0.29, 0.717) is 6.61 Å². The Balaban J connectivity index is 0.00000106. The van der Waals surface area contributed by atoms with E-state index in [1.807, 2.05) is 65.0 Å². The lowest BCUT2D eigenvalue weighted by Gasteiger charge is -2.23. The zero-order valence-corrected chi connectivity index (χ0v) is 13.7. The van der Waals surface area contributed by atoms with Crippen molar-refractivity contribution in [2.75, 3.05) is 6.61 Å². The molecular weight excluding hydrogens is 266 g/mol. The summed E-state index contributed by atoms with van der Waals surface area (Å²) >= 11 is 0. The van der Waals surface area contributed by atoms with Gasteiger partial charge in [-0.2, -0.15) is 0 Å². The van der Waals surface area contributed by atoms with Crippen LogP contribution in [0.1, 0.15) is 40.2 Å². The standard InChI is InChI=1S/C15H21NO3.C2H6/c1-15(2,3)19-14(17)16-12(13-10-18-13)9-11-7-5-4-6-8-11;1-2/h4-8,12-13H,9-10H2,1-3H3,(H,16,17);1-2H3/t12-,13+;/m0./s1. The van der Waals surface area contributed by atoms with Crippen molar-refractivity contribution < 1.29 is 14.3 Å². The molecule has 1 fully saturated rings. The summed E-state index contributed by atoms with van der Waals surface area (Å²) < 4.78 is 10.6. The second-order valence-electron chi connectivity index (χ2n) is 5.81. The topological polar surface area (TPSA) is 50.9 Å². The quantitative estimate of drug-likeness (QED) is 0.864. The number of carbonyl (C=O) groups excluding carboxylic acids is 1. The molecule has 0 aromatic heterocycles. The first-order valence-corrected chi connectivity index (χ1v) is 7.59. The molecule has 4 heteroatoms. The molecular formula is C17H27NO3. The van der Waals surface area contributed by atoms with Crippen LogP contribution in [0.3, 0.4) is 0 Å². The number of alkyl carbamates (subject to hydrolysis) is 1. The number of ether oxygens (including phenoxy) is 2. The average molecular weight is 293 g/mol. The number of rotatable bonds is 4. The van der Waals surface area contributed by atoms with Gasteiger partial charge in [-0.25, -0.2) is 4.79 Å². The van der Waals surface area contributed by atoms with Gasteiger partial charge in [0.25, 0.3) is 0 Å². The third-order valence-electron chi connectivity index (χ3n) is 2.81. The second-order valence-corrected chi connectivity index (χ2v) is 5.81. The molecule has 118 valence electrons. The van der Waals surface area contributed by atoms with Crippen LogP contribution in [0, 0.1) is 0 Å². The number of amides is 1. The van der Waals surface area contributed by atoms with Crippen molar-refractivity contribution >= 4 is 6.09 Å². The van der Waals surface area contributed by atoms with Gasteiger partial charge in [0.15, 0.2) is 0 Å². The maximum Gasteiger partial charge on any atom is 0.407 e. The highest BCUT2D eigenvalue weighted by Crippen LogP contribution is 2.18. The Labute approximate surface area is 127 Å².